The smallest absolute Gasteiger partial charge is 0.850 e. The van der Waals surface area contributed by atoms with Gasteiger partial charge in [-0.3, -0.25) is 0 Å². The first-order valence-corrected chi connectivity index (χ1v) is 4.81. The predicted octanol–water partition coefficient (Wildman–Crippen LogP) is -1.14. The monoisotopic (exact) mass is 233 g/mol. The molecule has 0 bridgehead atoms. The molecule has 0 saturated carbocycles. The van der Waals surface area contributed by atoms with Gasteiger partial charge in [0.05, 0.1) is 0 Å². The Hall–Kier alpha value is 0.776. The minimum absolute atomic E-state index is 0. The van der Waals surface area contributed by atoms with Gasteiger partial charge >= 0.3 is 51.4 Å². The zero-order chi connectivity index (χ0) is 11.2. The van der Waals surface area contributed by atoms with Crippen molar-refractivity contribution in [3.8, 4) is 0 Å². The van der Waals surface area contributed by atoms with Crippen LogP contribution in [0, 0.1) is 0 Å². The maximum Gasteiger partial charge on any atom is 1.00 e. The van der Waals surface area contributed by atoms with E-state index in [0.717, 1.165) is 0 Å². The minimum Gasteiger partial charge on any atom is -0.850 e. The van der Waals surface area contributed by atoms with Crippen LogP contribution >= 0.6 is 0 Å². The molecule has 0 aliphatic heterocycles. The molecule has 3 heteroatoms. The molecule has 2 N–H and O–H groups in total. The number of nitrogens with two attached hydrogens (primary N) is 1. The fourth-order valence-corrected chi connectivity index (χ4v) is 0.757. The van der Waals surface area contributed by atoms with Gasteiger partial charge < -0.3 is 10.8 Å². The van der Waals surface area contributed by atoms with E-state index < -0.39 is 5.60 Å². The van der Waals surface area contributed by atoms with Gasteiger partial charge in [-0.15, -0.1) is 5.60 Å². The van der Waals surface area contributed by atoms with Crippen LogP contribution in [0.5, 0.6) is 0 Å². The van der Waals surface area contributed by atoms with E-state index in [-0.39, 0.29) is 57.4 Å². The molecule has 2 nitrogen and oxygen atoms in total. The summed E-state index contributed by atoms with van der Waals surface area (Å²) in [5.74, 6) is 0. The third-order valence-corrected chi connectivity index (χ3v) is 1.33. The second-order valence-electron chi connectivity index (χ2n) is 4.31. The molecule has 1 rings (SSSR count). The number of benzene rings is 1. The largest absolute Gasteiger partial charge is 1.00 e. The Labute approximate surface area is 136 Å². The Morgan fingerprint density at radius 3 is 1.67 bits per heavy atom. The Morgan fingerprint density at radius 2 is 1.47 bits per heavy atom. The SMILES string of the molecule is CC(C)(C)[O-].C[C@@H](N)c1ccccc1.[K+]. The molecule has 15 heavy (non-hydrogen) atoms. The second-order valence-corrected chi connectivity index (χ2v) is 4.31. The van der Waals surface area contributed by atoms with Crippen molar-refractivity contribution in [1.29, 1.82) is 0 Å². The molecule has 1 aromatic rings. The quantitative estimate of drug-likeness (QED) is 0.623. The Balaban J connectivity index is 0. The van der Waals surface area contributed by atoms with E-state index in [4.69, 9.17) is 5.73 Å². The molecule has 1 aromatic carbocycles. The molecular weight excluding hydrogens is 213 g/mol. The van der Waals surface area contributed by atoms with E-state index in [1.807, 2.05) is 37.3 Å². The van der Waals surface area contributed by atoms with E-state index in [1.54, 1.807) is 20.8 Å². The van der Waals surface area contributed by atoms with Crippen molar-refractivity contribution in [2.45, 2.75) is 39.3 Å². The molecule has 0 amide bonds. The fourth-order valence-electron chi connectivity index (χ4n) is 0.757. The average molecular weight is 233 g/mol. The van der Waals surface area contributed by atoms with Crippen molar-refractivity contribution in [3.05, 3.63) is 35.9 Å². The van der Waals surface area contributed by atoms with Crippen LogP contribution in [-0.4, -0.2) is 5.60 Å². The molecule has 0 fully saturated rings. The van der Waals surface area contributed by atoms with E-state index in [2.05, 4.69) is 0 Å². The first-order chi connectivity index (χ1) is 6.30. The number of rotatable bonds is 1. The summed E-state index contributed by atoms with van der Waals surface area (Å²) in [5.41, 5.74) is 6.06. The molecule has 0 aliphatic rings. The Kier molecular flexibility index (Phi) is 10.7. The summed E-state index contributed by atoms with van der Waals surface area (Å²) in [4.78, 5) is 0. The molecule has 0 aromatic heterocycles. The molecule has 80 valence electrons. The van der Waals surface area contributed by atoms with Crippen LogP contribution < -0.4 is 62.2 Å². The van der Waals surface area contributed by atoms with Crippen LogP contribution in [-0.2, 0) is 0 Å². The van der Waals surface area contributed by atoms with E-state index >= 15 is 0 Å². The summed E-state index contributed by atoms with van der Waals surface area (Å²) < 4.78 is 0. The molecule has 0 radical (unpaired) electrons. The predicted molar refractivity (Wildman–Crippen MR) is 58.8 cm³/mol. The van der Waals surface area contributed by atoms with Crippen molar-refractivity contribution in [1.82, 2.24) is 0 Å². The summed E-state index contributed by atoms with van der Waals surface area (Å²) in [6.45, 7) is 6.88. The van der Waals surface area contributed by atoms with Gasteiger partial charge in [-0.1, -0.05) is 51.1 Å². The maximum absolute atomic E-state index is 10.1. The molecule has 0 aliphatic carbocycles. The fraction of sp³-hybridized carbons (Fsp3) is 0.500. The molecule has 0 spiro atoms. The summed E-state index contributed by atoms with van der Waals surface area (Å²) in [5, 5.41) is 10.1. The van der Waals surface area contributed by atoms with Gasteiger partial charge in [0, 0.05) is 6.04 Å². The second kappa shape index (κ2) is 8.87. The molecule has 0 heterocycles. The van der Waals surface area contributed by atoms with Crippen LogP contribution in [0.2, 0.25) is 0 Å². The molecular formula is C12H20KNO. The normalized spacial score (nSPS) is 11.9. The van der Waals surface area contributed by atoms with Crippen molar-refractivity contribution in [3.63, 3.8) is 0 Å². The van der Waals surface area contributed by atoms with Crippen molar-refractivity contribution >= 4 is 0 Å². The zero-order valence-electron chi connectivity index (χ0n) is 10.4. The van der Waals surface area contributed by atoms with Crippen LogP contribution in [0.3, 0.4) is 0 Å². The maximum atomic E-state index is 10.1. The van der Waals surface area contributed by atoms with E-state index in [0.29, 0.717) is 0 Å². The van der Waals surface area contributed by atoms with Crippen molar-refractivity contribution < 1.29 is 56.5 Å². The summed E-state index contributed by atoms with van der Waals surface area (Å²) in [6, 6.07) is 10.2. The average Bonchev–Trinajstić information content (AvgIpc) is 2.03. The summed E-state index contributed by atoms with van der Waals surface area (Å²) >= 11 is 0. The van der Waals surface area contributed by atoms with Crippen LogP contribution in [0.1, 0.15) is 39.3 Å². The van der Waals surface area contributed by atoms with Crippen LogP contribution in [0.4, 0.5) is 0 Å². The Bertz CT molecular complexity index is 236. The Morgan fingerprint density at radius 1 is 1.13 bits per heavy atom. The third-order valence-electron chi connectivity index (χ3n) is 1.33. The van der Waals surface area contributed by atoms with Gasteiger partial charge in [0.15, 0.2) is 0 Å². The van der Waals surface area contributed by atoms with Crippen molar-refractivity contribution in [2.24, 2.45) is 5.73 Å². The van der Waals surface area contributed by atoms with Gasteiger partial charge in [0.25, 0.3) is 0 Å². The minimum atomic E-state index is -0.750. The van der Waals surface area contributed by atoms with Gasteiger partial charge in [0.2, 0.25) is 0 Å². The molecule has 0 unspecified atom stereocenters. The van der Waals surface area contributed by atoms with E-state index in [1.165, 1.54) is 5.56 Å². The van der Waals surface area contributed by atoms with Gasteiger partial charge in [-0.25, -0.2) is 0 Å². The first-order valence-electron chi connectivity index (χ1n) is 4.81. The summed E-state index contributed by atoms with van der Waals surface area (Å²) in [7, 11) is 0. The topological polar surface area (TPSA) is 49.1 Å². The number of hydrogen-bond donors (Lipinski definition) is 1. The van der Waals surface area contributed by atoms with Crippen molar-refractivity contribution in [2.75, 3.05) is 0 Å². The van der Waals surface area contributed by atoms with Crippen LogP contribution in [0.25, 0.3) is 0 Å². The third kappa shape index (κ3) is 14.8. The van der Waals surface area contributed by atoms with E-state index in [9.17, 15) is 5.11 Å². The number of hydrogen-bond acceptors (Lipinski definition) is 2. The standard InChI is InChI=1S/C8H11N.C4H9O.K/c1-7(9)8-5-3-2-4-6-8;1-4(2,3)5;/h2-7H,9H2,1H3;1-3H3;/q;-1;+1/t7-;;/m1../s1. The van der Waals surface area contributed by atoms with Gasteiger partial charge in [-0.05, 0) is 12.5 Å². The van der Waals surface area contributed by atoms with Gasteiger partial charge in [-0.2, -0.15) is 0 Å². The van der Waals surface area contributed by atoms with Gasteiger partial charge in [0.1, 0.15) is 0 Å². The first kappa shape index (κ1) is 18.1. The summed E-state index contributed by atoms with van der Waals surface area (Å²) in [6.07, 6.45) is 0. The molecule has 1 atom stereocenters. The van der Waals surface area contributed by atoms with Crippen LogP contribution in [0.15, 0.2) is 30.3 Å². The zero-order valence-corrected chi connectivity index (χ0v) is 13.6. The molecule has 0 saturated heterocycles.